The number of nitrogens with zero attached hydrogens (tertiary/aromatic N) is 4. The van der Waals surface area contributed by atoms with Crippen LogP contribution in [0.1, 0.15) is 65.5 Å². The van der Waals surface area contributed by atoms with Gasteiger partial charge < -0.3 is 69.0 Å². The van der Waals surface area contributed by atoms with Gasteiger partial charge in [-0.25, -0.2) is 19.3 Å². The van der Waals surface area contributed by atoms with E-state index in [9.17, 15) is 62.7 Å². The molecule has 2 aliphatic rings. The average molecular weight is 956 g/mol. The maximum absolute atomic E-state index is 12.6. The number of ether oxygens (including phenoxy) is 1. The number of carbonyl (C=O) groups excluding carboxylic acids is 4. The van der Waals surface area contributed by atoms with E-state index in [0.29, 0.717) is 19.3 Å². The van der Waals surface area contributed by atoms with Gasteiger partial charge in [-0.15, -0.1) is 0 Å². The Morgan fingerprint density at radius 1 is 1.10 bits per heavy atom. The smallest absolute Gasteiger partial charge is 0.274 e. The summed E-state index contributed by atoms with van der Waals surface area (Å²) in [6.07, 6.45) is -0.832. The Morgan fingerprint density at radius 2 is 1.81 bits per heavy atom. The number of hydrogen-bond acceptors (Lipinski definition) is 23. The fraction of sp³-hybridized carbons (Fsp3) is 0.667. The zero-order valence-electron chi connectivity index (χ0n) is 33.7. The minimum Gasteiger partial charge on any atom is -0.790 e. The Labute approximate surface area is 359 Å². The molecule has 2 aromatic heterocycles. The lowest BCUT2D eigenvalue weighted by atomic mass is 9.87. The van der Waals surface area contributed by atoms with Gasteiger partial charge in [-0.3, -0.25) is 32.9 Å². The number of amides is 2. The summed E-state index contributed by atoms with van der Waals surface area (Å²) >= 11 is 1.05. The molecule has 348 valence electrons. The SMILES string of the molecule is CC/C=C/CC1C(=O)CCC1CC(=O)SCCNC(=O)CCNC(=O)C(O)C(C)(C)COP(=O)([O-])OP(=O)([O-])OCC1OC(n2cnc3c(N)ncnc32)C(O)C1OP(=O)([O-])[O-]. The number of nitrogens with two attached hydrogens (primary N) is 1. The number of fused-ring (bicyclic) bond motifs is 1. The fourth-order valence-electron chi connectivity index (χ4n) is 6.50. The topological polar surface area (TPSA) is 392 Å². The summed E-state index contributed by atoms with van der Waals surface area (Å²) < 4.78 is 60.7. The van der Waals surface area contributed by atoms with Crippen molar-refractivity contribution in [1.29, 1.82) is 0 Å². The van der Waals surface area contributed by atoms with E-state index in [1.54, 1.807) is 0 Å². The molecular formula is C33H48N7O18P3S-4. The lowest BCUT2D eigenvalue weighted by Gasteiger charge is -2.36. The second-order valence-corrected chi connectivity index (χ2v) is 20.1. The third kappa shape index (κ3) is 15.0. The van der Waals surface area contributed by atoms with Gasteiger partial charge in [0.05, 0.1) is 27.4 Å². The largest absolute Gasteiger partial charge is 0.790 e. The molecule has 2 aromatic rings. The maximum atomic E-state index is 12.6. The Kier molecular flexibility index (Phi) is 18.5. The molecule has 2 amide bonds. The van der Waals surface area contributed by atoms with Gasteiger partial charge in [-0.05, 0) is 25.2 Å². The molecule has 9 atom stereocenters. The van der Waals surface area contributed by atoms with Crippen LogP contribution >= 0.6 is 35.2 Å². The van der Waals surface area contributed by atoms with Gasteiger partial charge in [0.25, 0.3) is 15.6 Å². The van der Waals surface area contributed by atoms with Crippen LogP contribution in [0.2, 0.25) is 0 Å². The number of imidazole rings is 1. The second kappa shape index (κ2) is 22.2. The molecule has 0 bridgehead atoms. The molecule has 6 N–H and O–H groups in total. The van der Waals surface area contributed by atoms with Crippen molar-refractivity contribution in [3.05, 3.63) is 24.8 Å². The van der Waals surface area contributed by atoms with Crippen LogP contribution in [0.3, 0.4) is 0 Å². The highest BCUT2D eigenvalue weighted by atomic mass is 32.2. The van der Waals surface area contributed by atoms with E-state index in [0.717, 1.165) is 35.4 Å². The highest BCUT2D eigenvalue weighted by molar-refractivity contribution is 8.13. The highest BCUT2D eigenvalue weighted by Crippen LogP contribution is 2.56. The molecule has 0 aromatic carbocycles. The lowest BCUT2D eigenvalue weighted by molar-refractivity contribution is -0.347. The van der Waals surface area contributed by atoms with Crippen LogP contribution in [0.15, 0.2) is 24.8 Å². The van der Waals surface area contributed by atoms with Crippen LogP contribution in [0, 0.1) is 17.3 Å². The molecule has 2 fully saturated rings. The predicted octanol–water partition coefficient (Wildman–Crippen LogP) is -1.52. The molecule has 29 heteroatoms. The first-order valence-corrected chi connectivity index (χ1v) is 24.5. The van der Waals surface area contributed by atoms with Crippen molar-refractivity contribution in [3.8, 4) is 0 Å². The molecule has 3 heterocycles. The molecule has 4 rings (SSSR count). The molecule has 1 saturated carbocycles. The minimum atomic E-state index is -5.93. The summed E-state index contributed by atoms with van der Waals surface area (Å²) in [6.45, 7) is 2.00. The third-order valence-corrected chi connectivity index (χ3v) is 13.6. The molecule has 25 nitrogen and oxygen atoms in total. The quantitative estimate of drug-likeness (QED) is 0.0453. The standard InChI is InChI=1S/C33H52N7O18P3S/c1-4-5-6-7-20-19(8-9-21(20)41)14-24(43)62-13-12-35-23(42)10-11-36-31(46)28(45)33(2,3)16-55-61(52,53)58-60(50,51)54-15-22-27(57-59(47,48)49)26(44)32(56-22)40-18-39-25-29(34)37-17-38-30(25)40/h5-6,17-20,22,26-28,32,44-45H,4,7-16H2,1-3H3,(H,35,42)(H,36,46)(H,50,51)(H,52,53)(H2,34,37,38)(H2,47,48,49)/p-4/b6-5+. The summed E-state index contributed by atoms with van der Waals surface area (Å²) in [5.41, 5.74) is 4.05. The van der Waals surface area contributed by atoms with Crippen LogP contribution in [0.5, 0.6) is 0 Å². The number of phosphoric acid groups is 3. The van der Waals surface area contributed by atoms with Gasteiger partial charge in [-0.2, -0.15) is 0 Å². The van der Waals surface area contributed by atoms with Crippen molar-refractivity contribution < 1.29 is 85.3 Å². The van der Waals surface area contributed by atoms with Crippen molar-refractivity contribution in [2.45, 2.75) is 89.9 Å². The molecule has 1 aliphatic carbocycles. The van der Waals surface area contributed by atoms with Gasteiger partial charge in [0.1, 0.15) is 42.0 Å². The zero-order chi connectivity index (χ0) is 46.0. The van der Waals surface area contributed by atoms with E-state index in [-0.39, 0.29) is 71.4 Å². The monoisotopic (exact) mass is 955 g/mol. The summed E-state index contributed by atoms with van der Waals surface area (Å²) in [6, 6.07) is 0. The number of rotatable bonds is 24. The van der Waals surface area contributed by atoms with E-state index >= 15 is 0 Å². The molecule has 1 saturated heterocycles. The Bertz CT molecular complexity index is 2090. The number of phosphoric ester groups is 3. The predicted molar refractivity (Wildman–Crippen MR) is 208 cm³/mol. The van der Waals surface area contributed by atoms with Gasteiger partial charge in [0, 0.05) is 49.4 Å². The number of Topliss-reactive ketones (excluding diaryl/α,β-unsaturated/α-hetero) is 1. The first kappa shape index (κ1) is 51.6. The number of ketones is 1. The molecule has 9 unspecified atom stereocenters. The van der Waals surface area contributed by atoms with E-state index in [2.05, 4.69) is 43.5 Å². The first-order valence-electron chi connectivity index (χ1n) is 19.1. The number of nitrogen functional groups attached to an aromatic ring is 1. The van der Waals surface area contributed by atoms with E-state index in [1.165, 1.54) is 13.8 Å². The second-order valence-electron chi connectivity index (χ2n) is 14.9. The van der Waals surface area contributed by atoms with Crippen molar-refractivity contribution in [3.63, 3.8) is 0 Å². The fourth-order valence-corrected chi connectivity index (χ4v) is 10.00. The molecule has 0 spiro atoms. The number of hydrogen-bond donors (Lipinski definition) is 5. The average Bonchev–Trinajstić information content (AvgIpc) is 3.85. The van der Waals surface area contributed by atoms with Gasteiger partial charge in [0.15, 0.2) is 22.8 Å². The Morgan fingerprint density at radius 3 is 2.50 bits per heavy atom. The van der Waals surface area contributed by atoms with Crippen molar-refractivity contribution in [1.82, 2.24) is 30.2 Å². The number of carbonyl (C=O) groups is 4. The summed E-state index contributed by atoms with van der Waals surface area (Å²) in [7, 11) is -17.6. The Balaban J connectivity index is 1.18. The molecule has 1 aliphatic heterocycles. The molecular weight excluding hydrogens is 907 g/mol. The summed E-state index contributed by atoms with van der Waals surface area (Å²) in [5.74, 6) is -1.31. The minimum absolute atomic E-state index is 0.0114. The van der Waals surface area contributed by atoms with E-state index in [1.807, 2.05) is 19.1 Å². The first-order chi connectivity index (χ1) is 28.9. The van der Waals surface area contributed by atoms with Gasteiger partial charge in [0.2, 0.25) is 11.8 Å². The van der Waals surface area contributed by atoms with Crippen LogP contribution in [-0.4, -0.2) is 109 Å². The van der Waals surface area contributed by atoms with Crippen molar-refractivity contribution in [2.75, 3.05) is 37.8 Å². The number of anilines is 1. The third-order valence-electron chi connectivity index (χ3n) is 9.71. The van der Waals surface area contributed by atoms with Crippen LogP contribution in [-0.2, 0) is 55.5 Å². The number of aliphatic hydroxyl groups excluding tert-OH is 2. The van der Waals surface area contributed by atoms with Crippen molar-refractivity contribution >= 4 is 74.9 Å². The number of aliphatic hydroxyl groups is 2. The van der Waals surface area contributed by atoms with Crippen molar-refractivity contribution in [2.24, 2.45) is 17.3 Å². The van der Waals surface area contributed by atoms with Crippen LogP contribution in [0.4, 0.5) is 5.82 Å². The lowest BCUT2D eigenvalue weighted by Crippen LogP contribution is -2.46. The molecule has 62 heavy (non-hydrogen) atoms. The number of aromatic nitrogens is 4. The van der Waals surface area contributed by atoms with E-state index in [4.69, 9.17) is 10.5 Å². The normalized spacial score (nSPS) is 24.6. The summed E-state index contributed by atoms with van der Waals surface area (Å²) in [5, 5.41) is 26.2. The van der Waals surface area contributed by atoms with E-state index < -0.39 is 84.6 Å². The zero-order valence-corrected chi connectivity index (χ0v) is 37.2. The van der Waals surface area contributed by atoms with Crippen LogP contribution < -0.4 is 35.9 Å². The number of nitrogens with one attached hydrogen (secondary N) is 2. The number of allylic oxidation sites excluding steroid dienone is 2. The maximum Gasteiger partial charge on any atom is 0.274 e. The number of thioether (sulfide) groups is 1. The highest BCUT2D eigenvalue weighted by Gasteiger charge is 2.47. The van der Waals surface area contributed by atoms with Gasteiger partial charge >= 0.3 is 0 Å². The molecule has 0 radical (unpaired) electrons. The van der Waals surface area contributed by atoms with Gasteiger partial charge in [-0.1, -0.05) is 44.7 Å². The Hall–Kier alpha value is -3.03. The summed E-state index contributed by atoms with van der Waals surface area (Å²) in [4.78, 5) is 109. The van der Waals surface area contributed by atoms with Crippen LogP contribution in [0.25, 0.3) is 11.2 Å².